The molecule has 2 fully saturated rings. The Morgan fingerprint density at radius 1 is 1.38 bits per heavy atom. The molecule has 0 saturated heterocycles. The van der Waals surface area contributed by atoms with Gasteiger partial charge in [0.2, 0.25) is 5.91 Å². The zero-order valence-corrected chi connectivity index (χ0v) is 11.1. The van der Waals surface area contributed by atoms with E-state index in [0.717, 1.165) is 18.2 Å². The van der Waals surface area contributed by atoms with Gasteiger partial charge in [-0.25, -0.2) is 0 Å². The first-order valence-corrected chi connectivity index (χ1v) is 7.92. The van der Waals surface area contributed by atoms with E-state index in [2.05, 4.69) is 5.32 Å². The number of hydrogen-bond acceptors (Lipinski definition) is 2. The molecule has 1 spiro atoms. The molecule has 1 N–H and O–H groups in total. The van der Waals surface area contributed by atoms with Gasteiger partial charge < -0.3 is 5.32 Å². The number of hydrogen-bond donors (Lipinski definition) is 1. The first-order chi connectivity index (χ1) is 7.77. The minimum absolute atomic E-state index is 0.243. The van der Waals surface area contributed by atoms with E-state index in [0.29, 0.717) is 11.8 Å². The van der Waals surface area contributed by atoms with Crippen LogP contribution in [0.2, 0.25) is 0 Å². The van der Waals surface area contributed by atoms with Crippen molar-refractivity contribution in [2.45, 2.75) is 44.9 Å². The predicted molar refractivity (Wildman–Crippen MR) is 69.6 cm³/mol. The van der Waals surface area contributed by atoms with E-state index in [9.17, 15) is 4.79 Å². The van der Waals surface area contributed by atoms with Crippen molar-refractivity contribution in [2.24, 2.45) is 11.3 Å². The van der Waals surface area contributed by atoms with Gasteiger partial charge in [0.1, 0.15) is 0 Å². The molecule has 1 amide bonds. The maximum absolute atomic E-state index is 11.5. The van der Waals surface area contributed by atoms with Gasteiger partial charge in [-0.3, -0.25) is 4.79 Å². The van der Waals surface area contributed by atoms with Crippen LogP contribution in [-0.4, -0.2) is 24.5 Å². The van der Waals surface area contributed by atoms with E-state index in [-0.39, 0.29) is 5.91 Å². The molecule has 0 bridgehead atoms. The van der Waals surface area contributed by atoms with Crippen molar-refractivity contribution in [3.05, 3.63) is 0 Å². The monoisotopic (exact) mass is 241 g/mol. The van der Waals surface area contributed by atoms with E-state index in [4.69, 9.17) is 0 Å². The third-order valence-electron chi connectivity index (χ3n) is 4.29. The van der Waals surface area contributed by atoms with Crippen LogP contribution in [0.25, 0.3) is 0 Å². The van der Waals surface area contributed by atoms with Crippen LogP contribution >= 0.6 is 11.8 Å². The second kappa shape index (κ2) is 5.44. The van der Waals surface area contributed by atoms with Gasteiger partial charge in [0.25, 0.3) is 0 Å². The van der Waals surface area contributed by atoms with Gasteiger partial charge in [0, 0.05) is 18.7 Å². The summed E-state index contributed by atoms with van der Waals surface area (Å²) in [7, 11) is 0. The van der Waals surface area contributed by atoms with Crippen molar-refractivity contribution in [1.29, 1.82) is 0 Å². The molecule has 2 saturated carbocycles. The summed E-state index contributed by atoms with van der Waals surface area (Å²) < 4.78 is 0. The van der Waals surface area contributed by atoms with Gasteiger partial charge in [-0.15, -0.1) is 0 Å². The minimum atomic E-state index is 0.243. The lowest BCUT2D eigenvalue weighted by molar-refractivity contribution is -0.120. The molecule has 0 heterocycles. The molecule has 0 radical (unpaired) electrons. The van der Waals surface area contributed by atoms with Crippen LogP contribution in [-0.2, 0) is 4.79 Å². The highest BCUT2D eigenvalue weighted by Gasteiger charge is 2.53. The Morgan fingerprint density at radius 2 is 2.12 bits per heavy atom. The van der Waals surface area contributed by atoms with Gasteiger partial charge in [-0.05, 0) is 36.9 Å². The molecular formula is C13H23NOS. The summed E-state index contributed by atoms with van der Waals surface area (Å²) in [4.78, 5) is 11.5. The first kappa shape index (κ1) is 12.3. The number of carbonyl (C=O) groups is 1. The summed E-state index contributed by atoms with van der Waals surface area (Å²) in [5, 5.41) is 3.10. The largest absolute Gasteiger partial charge is 0.356 e. The SMILES string of the molecule is CSCCC(=O)NC[C@H]1CC12CCCCC2. The summed E-state index contributed by atoms with van der Waals surface area (Å²) >= 11 is 1.74. The fourth-order valence-corrected chi connectivity index (χ4v) is 3.50. The Balaban J connectivity index is 1.63. The molecule has 2 rings (SSSR count). The highest BCUT2D eigenvalue weighted by molar-refractivity contribution is 7.98. The van der Waals surface area contributed by atoms with E-state index < -0.39 is 0 Å². The van der Waals surface area contributed by atoms with Crippen LogP contribution in [0.5, 0.6) is 0 Å². The van der Waals surface area contributed by atoms with Gasteiger partial charge in [-0.2, -0.15) is 11.8 Å². The minimum Gasteiger partial charge on any atom is -0.356 e. The van der Waals surface area contributed by atoms with Gasteiger partial charge in [-0.1, -0.05) is 19.3 Å². The second-order valence-electron chi connectivity index (χ2n) is 5.37. The zero-order valence-electron chi connectivity index (χ0n) is 10.3. The number of amides is 1. The van der Waals surface area contributed by atoms with Crippen molar-refractivity contribution in [2.75, 3.05) is 18.6 Å². The van der Waals surface area contributed by atoms with Gasteiger partial charge in [0.15, 0.2) is 0 Å². The Kier molecular flexibility index (Phi) is 4.17. The van der Waals surface area contributed by atoms with E-state index in [1.807, 2.05) is 6.26 Å². The van der Waals surface area contributed by atoms with E-state index in [1.54, 1.807) is 11.8 Å². The smallest absolute Gasteiger partial charge is 0.220 e. The number of carbonyl (C=O) groups excluding carboxylic acids is 1. The number of rotatable bonds is 5. The fourth-order valence-electron chi connectivity index (χ4n) is 3.11. The maximum atomic E-state index is 11.5. The molecule has 0 aromatic heterocycles. The Bertz CT molecular complexity index is 248. The quantitative estimate of drug-likeness (QED) is 0.802. The van der Waals surface area contributed by atoms with Crippen LogP contribution < -0.4 is 5.32 Å². The Labute approximate surface area is 103 Å². The summed E-state index contributed by atoms with van der Waals surface area (Å²) in [6, 6.07) is 0. The number of nitrogens with one attached hydrogen (secondary N) is 1. The lowest BCUT2D eigenvalue weighted by Crippen LogP contribution is -2.27. The maximum Gasteiger partial charge on any atom is 0.220 e. The summed E-state index contributed by atoms with van der Waals surface area (Å²) in [6.45, 7) is 0.938. The van der Waals surface area contributed by atoms with E-state index in [1.165, 1.54) is 38.5 Å². The topological polar surface area (TPSA) is 29.1 Å². The highest BCUT2D eigenvalue weighted by Crippen LogP contribution is 2.60. The summed E-state index contributed by atoms with van der Waals surface area (Å²) in [5.41, 5.74) is 0.658. The lowest BCUT2D eigenvalue weighted by Gasteiger charge is -2.22. The molecule has 0 unspecified atom stereocenters. The second-order valence-corrected chi connectivity index (χ2v) is 6.36. The van der Waals surface area contributed by atoms with E-state index >= 15 is 0 Å². The van der Waals surface area contributed by atoms with Crippen LogP contribution in [0.3, 0.4) is 0 Å². The van der Waals surface area contributed by atoms with Crippen molar-refractivity contribution in [1.82, 2.24) is 5.32 Å². The van der Waals surface area contributed by atoms with Crippen LogP contribution in [0, 0.1) is 11.3 Å². The molecule has 0 aromatic rings. The average Bonchev–Trinajstić information content (AvgIpc) is 2.97. The van der Waals surface area contributed by atoms with Crippen molar-refractivity contribution >= 4 is 17.7 Å². The standard InChI is InChI=1S/C13H23NOS/c1-16-8-5-12(15)14-10-11-9-13(11)6-3-2-4-7-13/h11H,2-10H2,1H3,(H,14,15)/t11-/m1/s1. The lowest BCUT2D eigenvalue weighted by atomic mass is 9.84. The van der Waals surface area contributed by atoms with Gasteiger partial charge in [0.05, 0.1) is 0 Å². The van der Waals surface area contributed by atoms with Gasteiger partial charge >= 0.3 is 0 Å². The highest BCUT2D eigenvalue weighted by atomic mass is 32.2. The molecule has 2 nitrogen and oxygen atoms in total. The molecule has 16 heavy (non-hydrogen) atoms. The molecule has 0 aromatic carbocycles. The third-order valence-corrected chi connectivity index (χ3v) is 4.90. The molecule has 1 atom stereocenters. The van der Waals surface area contributed by atoms with Crippen LogP contribution in [0.1, 0.15) is 44.9 Å². The molecular weight excluding hydrogens is 218 g/mol. The first-order valence-electron chi connectivity index (χ1n) is 6.52. The third kappa shape index (κ3) is 2.93. The van der Waals surface area contributed by atoms with Crippen molar-refractivity contribution in [3.8, 4) is 0 Å². The summed E-state index contributed by atoms with van der Waals surface area (Å²) in [6.07, 6.45) is 11.2. The van der Waals surface area contributed by atoms with Crippen LogP contribution in [0.15, 0.2) is 0 Å². The molecule has 2 aliphatic carbocycles. The summed E-state index contributed by atoms with van der Waals surface area (Å²) in [5.74, 6) is 1.99. The Hall–Kier alpha value is -0.180. The molecule has 3 heteroatoms. The molecule has 2 aliphatic rings. The zero-order chi connectivity index (χ0) is 11.4. The normalized spacial score (nSPS) is 26.7. The van der Waals surface area contributed by atoms with Crippen molar-refractivity contribution in [3.63, 3.8) is 0 Å². The van der Waals surface area contributed by atoms with Crippen LogP contribution in [0.4, 0.5) is 0 Å². The fraction of sp³-hybridized carbons (Fsp3) is 0.923. The molecule has 0 aliphatic heterocycles. The van der Waals surface area contributed by atoms with Crippen molar-refractivity contribution < 1.29 is 4.79 Å². The molecule has 92 valence electrons. The Morgan fingerprint density at radius 3 is 2.81 bits per heavy atom. The average molecular weight is 241 g/mol. The predicted octanol–water partition coefficient (Wildman–Crippen LogP) is 2.83. The number of thioether (sulfide) groups is 1.